The van der Waals surface area contributed by atoms with Crippen LogP contribution in [0.4, 0.5) is 4.39 Å². The van der Waals surface area contributed by atoms with E-state index in [1.807, 2.05) is 6.92 Å². The summed E-state index contributed by atoms with van der Waals surface area (Å²) in [6, 6.07) is 3.93. The van der Waals surface area contributed by atoms with E-state index in [-0.39, 0.29) is 16.6 Å². The molecule has 0 heterocycles. The van der Waals surface area contributed by atoms with Crippen LogP contribution in [0.25, 0.3) is 0 Å². The van der Waals surface area contributed by atoms with Crippen molar-refractivity contribution in [3.05, 3.63) is 34.6 Å². The van der Waals surface area contributed by atoms with Crippen LogP contribution >= 0.6 is 23.8 Å². The van der Waals surface area contributed by atoms with E-state index in [1.54, 1.807) is 0 Å². The second kappa shape index (κ2) is 6.66. The first-order chi connectivity index (χ1) is 8.45. The molecular formula is C12H14ClFN2OS. The van der Waals surface area contributed by atoms with Gasteiger partial charge in [-0.1, -0.05) is 36.8 Å². The highest BCUT2D eigenvalue weighted by molar-refractivity contribution is 7.80. The Bertz CT molecular complexity index is 467. The molecule has 1 atom stereocenters. The molecule has 0 aliphatic rings. The first kappa shape index (κ1) is 14.9. The monoisotopic (exact) mass is 288 g/mol. The zero-order valence-electron chi connectivity index (χ0n) is 9.87. The predicted molar refractivity (Wildman–Crippen MR) is 74.4 cm³/mol. The highest BCUT2D eigenvalue weighted by Gasteiger charge is 2.17. The minimum absolute atomic E-state index is 0.109. The molecule has 0 radical (unpaired) electrons. The van der Waals surface area contributed by atoms with Crippen LogP contribution in [0.15, 0.2) is 18.2 Å². The molecule has 1 aromatic carbocycles. The highest BCUT2D eigenvalue weighted by Crippen LogP contribution is 2.19. The lowest BCUT2D eigenvalue weighted by Gasteiger charge is -2.16. The normalized spacial score (nSPS) is 11.9. The van der Waals surface area contributed by atoms with Gasteiger partial charge in [-0.15, -0.1) is 0 Å². The molecule has 3 N–H and O–H groups in total. The summed E-state index contributed by atoms with van der Waals surface area (Å²) < 4.78 is 13.2. The van der Waals surface area contributed by atoms with Crippen LogP contribution in [0.2, 0.25) is 5.02 Å². The molecule has 0 aliphatic carbocycles. The smallest absolute Gasteiger partial charge is 0.253 e. The van der Waals surface area contributed by atoms with Gasteiger partial charge in [-0.3, -0.25) is 4.79 Å². The van der Waals surface area contributed by atoms with Crippen LogP contribution in [0.3, 0.4) is 0 Å². The molecule has 0 saturated carbocycles. The first-order valence-corrected chi connectivity index (χ1v) is 6.27. The number of benzene rings is 1. The van der Waals surface area contributed by atoms with Gasteiger partial charge in [0.1, 0.15) is 5.82 Å². The van der Waals surface area contributed by atoms with Crippen LogP contribution in [-0.2, 0) is 0 Å². The molecule has 0 spiro atoms. The summed E-state index contributed by atoms with van der Waals surface area (Å²) >= 11 is 10.5. The van der Waals surface area contributed by atoms with Crippen molar-refractivity contribution in [3.63, 3.8) is 0 Å². The van der Waals surface area contributed by atoms with Crippen molar-refractivity contribution in [1.82, 2.24) is 5.32 Å². The zero-order chi connectivity index (χ0) is 13.7. The van der Waals surface area contributed by atoms with Gasteiger partial charge in [0.15, 0.2) is 0 Å². The Morgan fingerprint density at radius 2 is 2.28 bits per heavy atom. The lowest BCUT2D eigenvalue weighted by Crippen LogP contribution is -2.37. The Balaban J connectivity index is 2.81. The third-order valence-electron chi connectivity index (χ3n) is 2.47. The van der Waals surface area contributed by atoms with Gasteiger partial charge in [-0.05, 0) is 18.6 Å². The van der Waals surface area contributed by atoms with Gasteiger partial charge in [-0.2, -0.15) is 0 Å². The summed E-state index contributed by atoms with van der Waals surface area (Å²) in [4.78, 5) is 12.2. The van der Waals surface area contributed by atoms with Crippen molar-refractivity contribution < 1.29 is 9.18 Å². The molecule has 98 valence electrons. The molecule has 1 unspecified atom stereocenters. The van der Waals surface area contributed by atoms with Gasteiger partial charge >= 0.3 is 0 Å². The molecular weight excluding hydrogens is 275 g/mol. The molecule has 0 bridgehead atoms. The van der Waals surface area contributed by atoms with E-state index in [4.69, 9.17) is 29.6 Å². The predicted octanol–water partition coefficient (Wildman–Crippen LogP) is 2.66. The number of amides is 1. The van der Waals surface area contributed by atoms with E-state index >= 15 is 0 Å². The maximum absolute atomic E-state index is 13.2. The summed E-state index contributed by atoms with van der Waals surface area (Å²) in [5.41, 5.74) is 5.54. The minimum Gasteiger partial charge on any atom is -0.393 e. The number of halogens is 2. The number of carbonyl (C=O) groups is 1. The van der Waals surface area contributed by atoms with Crippen LogP contribution < -0.4 is 11.1 Å². The molecule has 1 aromatic rings. The van der Waals surface area contributed by atoms with Crippen molar-refractivity contribution in [2.24, 2.45) is 5.73 Å². The molecule has 0 aromatic heterocycles. The molecule has 18 heavy (non-hydrogen) atoms. The van der Waals surface area contributed by atoms with Gasteiger partial charge < -0.3 is 11.1 Å². The van der Waals surface area contributed by atoms with E-state index in [1.165, 1.54) is 18.2 Å². The quantitative estimate of drug-likeness (QED) is 0.819. The number of carbonyl (C=O) groups excluding carboxylic acids is 1. The summed E-state index contributed by atoms with van der Waals surface area (Å²) in [5.74, 6) is -1.05. The van der Waals surface area contributed by atoms with E-state index < -0.39 is 11.7 Å². The van der Waals surface area contributed by atoms with Crippen LogP contribution in [0.1, 0.15) is 30.1 Å². The molecule has 6 heteroatoms. The molecule has 1 amide bonds. The van der Waals surface area contributed by atoms with Crippen molar-refractivity contribution in [2.75, 3.05) is 0 Å². The van der Waals surface area contributed by atoms with Gasteiger partial charge in [0, 0.05) is 12.5 Å². The highest BCUT2D eigenvalue weighted by atomic mass is 35.5. The van der Waals surface area contributed by atoms with Gasteiger partial charge in [0.05, 0.1) is 15.6 Å². The minimum atomic E-state index is -0.619. The summed E-state index contributed by atoms with van der Waals surface area (Å²) in [6.45, 7) is 1.90. The Labute approximate surface area is 115 Å². The lowest BCUT2D eigenvalue weighted by atomic mass is 10.1. The van der Waals surface area contributed by atoms with Crippen LogP contribution in [-0.4, -0.2) is 16.9 Å². The topological polar surface area (TPSA) is 55.1 Å². The summed E-state index contributed by atoms with van der Waals surface area (Å²) in [7, 11) is 0. The standard InChI is InChI=1S/C12H14ClFN2OS/c1-2-7(6-10(15)18)16-12(17)8-4-3-5-9(14)11(8)13/h3-5,7H,2,6H2,1H3,(H2,15,18)(H,16,17). The van der Waals surface area contributed by atoms with E-state index in [0.29, 0.717) is 17.8 Å². The number of nitrogens with two attached hydrogens (primary N) is 1. The maximum Gasteiger partial charge on any atom is 0.253 e. The second-order valence-electron chi connectivity index (χ2n) is 3.85. The largest absolute Gasteiger partial charge is 0.393 e. The number of thiocarbonyl (C=S) groups is 1. The molecule has 1 rings (SSSR count). The Morgan fingerprint density at radius 3 is 2.83 bits per heavy atom. The first-order valence-electron chi connectivity index (χ1n) is 5.48. The molecule has 3 nitrogen and oxygen atoms in total. The molecule has 0 aliphatic heterocycles. The van der Waals surface area contributed by atoms with E-state index in [0.717, 1.165) is 0 Å². The van der Waals surface area contributed by atoms with Crippen molar-refractivity contribution in [1.29, 1.82) is 0 Å². The molecule has 0 fully saturated rings. The van der Waals surface area contributed by atoms with Crippen LogP contribution in [0.5, 0.6) is 0 Å². The number of hydrogen-bond acceptors (Lipinski definition) is 2. The van der Waals surface area contributed by atoms with Crippen molar-refractivity contribution >= 4 is 34.7 Å². The number of nitrogens with one attached hydrogen (secondary N) is 1. The van der Waals surface area contributed by atoms with Crippen LogP contribution in [0, 0.1) is 5.82 Å². The van der Waals surface area contributed by atoms with E-state index in [9.17, 15) is 9.18 Å². The lowest BCUT2D eigenvalue weighted by molar-refractivity contribution is 0.0937. The Kier molecular flexibility index (Phi) is 5.50. The fourth-order valence-corrected chi connectivity index (χ4v) is 1.90. The average molecular weight is 289 g/mol. The second-order valence-corrected chi connectivity index (χ2v) is 4.75. The molecule has 0 saturated heterocycles. The van der Waals surface area contributed by atoms with Gasteiger partial charge in [0.25, 0.3) is 5.91 Å². The average Bonchev–Trinajstić information content (AvgIpc) is 2.31. The SMILES string of the molecule is CCC(CC(N)=S)NC(=O)c1cccc(F)c1Cl. The van der Waals surface area contributed by atoms with Crippen molar-refractivity contribution in [3.8, 4) is 0 Å². The third-order valence-corrected chi connectivity index (χ3v) is 3.02. The number of hydrogen-bond donors (Lipinski definition) is 2. The van der Waals surface area contributed by atoms with Crippen molar-refractivity contribution in [2.45, 2.75) is 25.8 Å². The third kappa shape index (κ3) is 3.92. The van der Waals surface area contributed by atoms with Gasteiger partial charge in [-0.25, -0.2) is 4.39 Å². The number of rotatable bonds is 5. The summed E-state index contributed by atoms with van der Waals surface area (Å²) in [5, 5.41) is 2.54. The summed E-state index contributed by atoms with van der Waals surface area (Å²) in [6.07, 6.45) is 1.08. The Morgan fingerprint density at radius 1 is 1.61 bits per heavy atom. The fourth-order valence-electron chi connectivity index (χ4n) is 1.48. The van der Waals surface area contributed by atoms with E-state index in [2.05, 4.69) is 5.32 Å². The zero-order valence-corrected chi connectivity index (χ0v) is 11.4. The fraction of sp³-hybridized carbons (Fsp3) is 0.333. The Hall–Kier alpha value is -1.20. The van der Waals surface area contributed by atoms with Gasteiger partial charge in [0.2, 0.25) is 0 Å². The maximum atomic E-state index is 13.2.